The lowest BCUT2D eigenvalue weighted by molar-refractivity contribution is 0.582. The van der Waals surface area contributed by atoms with Crippen LogP contribution >= 0.6 is 0 Å². The van der Waals surface area contributed by atoms with E-state index in [0.29, 0.717) is 17.3 Å². The number of hydrogen-bond acceptors (Lipinski definition) is 7. The van der Waals surface area contributed by atoms with Gasteiger partial charge in [0.15, 0.2) is 9.84 Å². The lowest BCUT2D eigenvalue weighted by Crippen LogP contribution is -2.03. The quantitative estimate of drug-likeness (QED) is 0.511. The van der Waals surface area contributed by atoms with E-state index in [2.05, 4.69) is 20.2 Å². The third-order valence-electron chi connectivity index (χ3n) is 4.19. The summed E-state index contributed by atoms with van der Waals surface area (Å²) in [7, 11) is -3.24. The third kappa shape index (κ3) is 3.54. The van der Waals surface area contributed by atoms with Gasteiger partial charge in [0.05, 0.1) is 28.7 Å². The number of benzene rings is 2. The zero-order valence-corrected chi connectivity index (χ0v) is 15.8. The molecule has 0 bridgehead atoms. The molecule has 8 heteroatoms. The van der Waals surface area contributed by atoms with Crippen LogP contribution in [0.2, 0.25) is 0 Å². The standard InChI is InChI=1S/C20H16N4O3S/c1-2-28(25,26)16-10-8-14(9-11-16)17-12-21-13-18(22-17)20-24-23-19(27-20)15-6-4-3-5-7-15/h3-13H,2H2,1H3. The van der Waals surface area contributed by atoms with Crippen LogP contribution in [0.5, 0.6) is 0 Å². The maximum absolute atomic E-state index is 12.0. The van der Waals surface area contributed by atoms with Gasteiger partial charge >= 0.3 is 0 Å². The second kappa shape index (κ2) is 7.32. The van der Waals surface area contributed by atoms with Crippen molar-refractivity contribution < 1.29 is 12.8 Å². The van der Waals surface area contributed by atoms with Crippen molar-refractivity contribution in [3.8, 4) is 34.3 Å². The fourth-order valence-electron chi connectivity index (χ4n) is 2.63. The molecule has 0 atom stereocenters. The van der Waals surface area contributed by atoms with E-state index in [4.69, 9.17) is 4.42 Å². The Morgan fingerprint density at radius 2 is 1.50 bits per heavy atom. The summed E-state index contributed by atoms with van der Waals surface area (Å²) in [5, 5.41) is 8.12. The van der Waals surface area contributed by atoms with Crippen LogP contribution in [0.3, 0.4) is 0 Å². The highest BCUT2D eigenvalue weighted by atomic mass is 32.2. The molecule has 140 valence electrons. The van der Waals surface area contributed by atoms with Crippen molar-refractivity contribution in [2.75, 3.05) is 5.75 Å². The molecule has 0 aliphatic heterocycles. The molecule has 0 aliphatic rings. The van der Waals surface area contributed by atoms with Crippen LogP contribution < -0.4 is 0 Å². The molecule has 4 aromatic rings. The lowest BCUT2D eigenvalue weighted by atomic mass is 10.1. The minimum Gasteiger partial charge on any atom is -0.415 e. The summed E-state index contributed by atoms with van der Waals surface area (Å²) in [6, 6.07) is 16.0. The summed E-state index contributed by atoms with van der Waals surface area (Å²) >= 11 is 0. The van der Waals surface area contributed by atoms with Gasteiger partial charge in [-0.1, -0.05) is 37.3 Å². The maximum atomic E-state index is 12.0. The molecule has 0 spiro atoms. The minimum atomic E-state index is -3.24. The summed E-state index contributed by atoms with van der Waals surface area (Å²) in [4.78, 5) is 9.01. The average Bonchev–Trinajstić information content (AvgIpc) is 3.25. The number of sulfone groups is 1. The van der Waals surface area contributed by atoms with Crippen LogP contribution in [-0.4, -0.2) is 34.3 Å². The van der Waals surface area contributed by atoms with Crippen LogP contribution in [0, 0.1) is 0 Å². The number of aromatic nitrogens is 4. The molecule has 0 aliphatic carbocycles. The van der Waals surface area contributed by atoms with Gasteiger partial charge in [0.2, 0.25) is 5.89 Å². The molecule has 2 heterocycles. The Balaban J connectivity index is 1.65. The number of hydrogen-bond donors (Lipinski definition) is 0. The summed E-state index contributed by atoms with van der Waals surface area (Å²) in [5.41, 5.74) is 2.58. The molecule has 0 radical (unpaired) electrons. The van der Waals surface area contributed by atoms with Crippen LogP contribution in [0.15, 0.2) is 76.3 Å². The first-order valence-electron chi connectivity index (χ1n) is 8.61. The molecule has 0 fully saturated rings. The number of rotatable bonds is 5. The fraction of sp³-hybridized carbons (Fsp3) is 0.100. The van der Waals surface area contributed by atoms with Crippen molar-refractivity contribution >= 4 is 9.84 Å². The van der Waals surface area contributed by atoms with Gasteiger partial charge in [-0.15, -0.1) is 10.2 Å². The van der Waals surface area contributed by atoms with E-state index in [-0.39, 0.29) is 16.5 Å². The van der Waals surface area contributed by atoms with E-state index in [0.717, 1.165) is 11.1 Å². The van der Waals surface area contributed by atoms with E-state index < -0.39 is 9.84 Å². The Bertz CT molecular complexity index is 1200. The summed E-state index contributed by atoms with van der Waals surface area (Å²) in [6.07, 6.45) is 3.14. The highest BCUT2D eigenvalue weighted by Crippen LogP contribution is 2.25. The highest BCUT2D eigenvalue weighted by molar-refractivity contribution is 7.91. The van der Waals surface area contributed by atoms with E-state index in [1.54, 1.807) is 43.6 Å². The second-order valence-electron chi connectivity index (χ2n) is 6.00. The van der Waals surface area contributed by atoms with Crippen molar-refractivity contribution in [3.05, 3.63) is 67.0 Å². The highest BCUT2D eigenvalue weighted by Gasteiger charge is 2.14. The third-order valence-corrected chi connectivity index (χ3v) is 5.94. The first-order valence-corrected chi connectivity index (χ1v) is 10.3. The Morgan fingerprint density at radius 1 is 0.821 bits per heavy atom. The van der Waals surface area contributed by atoms with Crippen molar-refractivity contribution in [1.29, 1.82) is 0 Å². The van der Waals surface area contributed by atoms with Gasteiger partial charge in [0.1, 0.15) is 5.69 Å². The topological polar surface area (TPSA) is 98.8 Å². The Hall–Kier alpha value is -3.39. The molecular weight excluding hydrogens is 376 g/mol. The summed E-state index contributed by atoms with van der Waals surface area (Å²) in [5.74, 6) is 0.720. The van der Waals surface area contributed by atoms with Gasteiger partial charge in [-0.2, -0.15) is 0 Å². The Kier molecular flexibility index (Phi) is 4.70. The monoisotopic (exact) mass is 392 g/mol. The molecule has 2 aromatic carbocycles. The molecule has 0 N–H and O–H groups in total. The zero-order chi connectivity index (χ0) is 19.6. The minimum absolute atomic E-state index is 0.0581. The van der Waals surface area contributed by atoms with Crippen LogP contribution in [0.1, 0.15) is 6.92 Å². The SMILES string of the molecule is CCS(=O)(=O)c1ccc(-c2cncc(-c3nnc(-c4ccccc4)o3)n2)cc1. The van der Waals surface area contributed by atoms with E-state index in [1.807, 2.05) is 30.3 Å². The molecule has 0 saturated heterocycles. The van der Waals surface area contributed by atoms with Crippen molar-refractivity contribution in [1.82, 2.24) is 20.2 Å². The van der Waals surface area contributed by atoms with Crippen molar-refractivity contribution in [2.45, 2.75) is 11.8 Å². The Labute approximate surface area is 162 Å². The predicted molar refractivity (Wildman–Crippen MR) is 104 cm³/mol. The molecule has 28 heavy (non-hydrogen) atoms. The largest absolute Gasteiger partial charge is 0.415 e. The van der Waals surface area contributed by atoms with E-state index in [1.165, 1.54) is 0 Å². The molecule has 7 nitrogen and oxygen atoms in total. The van der Waals surface area contributed by atoms with Crippen LogP contribution in [-0.2, 0) is 9.84 Å². The molecule has 0 saturated carbocycles. The van der Waals surface area contributed by atoms with Crippen molar-refractivity contribution in [2.24, 2.45) is 0 Å². The molecule has 0 unspecified atom stereocenters. The zero-order valence-electron chi connectivity index (χ0n) is 15.0. The first-order chi connectivity index (χ1) is 13.6. The van der Waals surface area contributed by atoms with Crippen LogP contribution in [0.25, 0.3) is 34.3 Å². The van der Waals surface area contributed by atoms with Gasteiger partial charge in [-0.3, -0.25) is 4.98 Å². The molecule has 2 aromatic heterocycles. The molecular formula is C20H16N4O3S. The lowest BCUT2D eigenvalue weighted by Gasteiger charge is -2.04. The van der Waals surface area contributed by atoms with Crippen molar-refractivity contribution in [3.63, 3.8) is 0 Å². The van der Waals surface area contributed by atoms with Gasteiger partial charge in [0.25, 0.3) is 5.89 Å². The van der Waals surface area contributed by atoms with E-state index in [9.17, 15) is 8.42 Å². The normalized spacial score (nSPS) is 11.5. The first kappa shape index (κ1) is 18.0. The number of nitrogens with zero attached hydrogens (tertiary/aromatic N) is 4. The van der Waals surface area contributed by atoms with Crippen LogP contribution in [0.4, 0.5) is 0 Å². The maximum Gasteiger partial charge on any atom is 0.268 e. The van der Waals surface area contributed by atoms with Gasteiger partial charge in [-0.25, -0.2) is 13.4 Å². The van der Waals surface area contributed by atoms with Gasteiger partial charge in [0, 0.05) is 11.1 Å². The van der Waals surface area contributed by atoms with Gasteiger partial charge < -0.3 is 4.42 Å². The molecule has 4 rings (SSSR count). The predicted octanol–water partition coefficient (Wildman–Crippen LogP) is 3.65. The fourth-order valence-corrected chi connectivity index (χ4v) is 3.52. The van der Waals surface area contributed by atoms with E-state index >= 15 is 0 Å². The summed E-state index contributed by atoms with van der Waals surface area (Å²) in [6.45, 7) is 1.62. The smallest absolute Gasteiger partial charge is 0.268 e. The summed E-state index contributed by atoms with van der Waals surface area (Å²) < 4.78 is 29.6. The van der Waals surface area contributed by atoms with Gasteiger partial charge in [-0.05, 0) is 24.3 Å². The Morgan fingerprint density at radius 3 is 2.21 bits per heavy atom. The average molecular weight is 392 g/mol. The second-order valence-corrected chi connectivity index (χ2v) is 8.27. The molecule has 0 amide bonds.